The van der Waals surface area contributed by atoms with Gasteiger partial charge in [-0.3, -0.25) is 20.4 Å². The van der Waals surface area contributed by atoms with Gasteiger partial charge in [0.15, 0.2) is 0 Å². The van der Waals surface area contributed by atoms with Crippen molar-refractivity contribution in [2.24, 2.45) is 0 Å². The molecule has 0 radical (unpaired) electrons. The van der Waals surface area contributed by atoms with Gasteiger partial charge in [-0.2, -0.15) is 0 Å². The number of hydrogen-bond acceptors (Lipinski definition) is 2. The van der Waals surface area contributed by atoms with Gasteiger partial charge in [0.1, 0.15) is 0 Å². The Hall–Kier alpha value is -3.40. The van der Waals surface area contributed by atoms with E-state index in [2.05, 4.69) is 10.9 Å². The number of carbonyl (C=O) groups excluding carboxylic acids is 2. The molecule has 0 saturated carbocycles. The summed E-state index contributed by atoms with van der Waals surface area (Å²) >= 11 is 0. The van der Waals surface area contributed by atoms with Crippen LogP contribution in [0, 0.1) is 0 Å². The highest BCUT2D eigenvalue weighted by Gasteiger charge is 2.08. The van der Waals surface area contributed by atoms with Crippen LogP contribution in [0.3, 0.4) is 0 Å². The van der Waals surface area contributed by atoms with Crippen LogP contribution < -0.4 is 10.9 Å². The zero-order valence-electron chi connectivity index (χ0n) is 13.6. The maximum absolute atomic E-state index is 12.1. The van der Waals surface area contributed by atoms with Gasteiger partial charge in [0.05, 0.1) is 6.42 Å². The molecule has 3 aromatic carbocycles. The lowest BCUT2D eigenvalue weighted by Gasteiger charge is -2.08. The van der Waals surface area contributed by atoms with Crippen molar-refractivity contribution in [2.75, 3.05) is 0 Å². The molecule has 2 N–H and O–H groups in total. The number of hydrazine groups is 1. The third kappa shape index (κ3) is 4.54. The summed E-state index contributed by atoms with van der Waals surface area (Å²) < 4.78 is 0. The zero-order valence-corrected chi connectivity index (χ0v) is 13.6. The molecule has 3 rings (SSSR count). The Bertz CT molecular complexity index is 844. The number of benzene rings is 3. The molecule has 25 heavy (non-hydrogen) atoms. The van der Waals surface area contributed by atoms with Gasteiger partial charge >= 0.3 is 0 Å². The summed E-state index contributed by atoms with van der Waals surface area (Å²) in [6, 6.07) is 26.5. The molecule has 0 fully saturated rings. The Morgan fingerprint density at radius 1 is 0.640 bits per heavy atom. The summed E-state index contributed by atoms with van der Waals surface area (Å²) in [5, 5.41) is 0. The molecule has 0 saturated heterocycles. The van der Waals surface area contributed by atoms with Crippen LogP contribution in [0.1, 0.15) is 15.9 Å². The lowest BCUT2D eigenvalue weighted by atomic mass is 10.0. The molecule has 2 amide bonds. The molecule has 0 bridgehead atoms. The van der Waals surface area contributed by atoms with Gasteiger partial charge in [-0.25, -0.2) is 0 Å². The summed E-state index contributed by atoms with van der Waals surface area (Å²) in [5.74, 6) is -0.610. The van der Waals surface area contributed by atoms with Gasteiger partial charge in [-0.1, -0.05) is 72.8 Å². The third-order valence-electron chi connectivity index (χ3n) is 3.78. The van der Waals surface area contributed by atoms with Crippen molar-refractivity contribution >= 4 is 11.8 Å². The van der Waals surface area contributed by atoms with Crippen molar-refractivity contribution in [1.29, 1.82) is 0 Å². The highest BCUT2D eigenvalue weighted by molar-refractivity contribution is 5.96. The molecule has 3 aromatic rings. The fourth-order valence-electron chi connectivity index (χ4n) is 2.47. The van der Waals surface area contributed by atoms with Crippen molar-refractivity contribution in [1.82, 2.24) is 10.9 Å². The molecule has 0 aromatic heterocycles. The largest absolute Gasteiger partial charge is 0.273 e. The Labute approximate surface area is 146 Å². The Balaban J connectivity index is 1.55. The first-order valence-electron chi connectivity index (χ1n) is 8.01. The fraction of sp³-hybridized carbons (Fsp3) is 0.0476. The zero-order chi connectivity index (χ0) is 17.5. The standard InChI is InChI=1S/C21H18N2O2/c24-20(15-16-7-3-1-4-8-16)22-23-21(25)19-13-11-18(12-14-19)17-9-5-2-6-10-17/h1-14H,15H2,(H,22,24)(H,23,25). The van der Waals surface area contributed by atoms with E-state index < -0.39 is 0 Å². The van der Waals surface area contributed by atoms with Crippen molar-refractivity contribution in [3.63, 3.8) is 0 Å². The second-order valence-corrected chi connectivity index (χ2v) is 5.61. The van der Waals surface area contributed by atoms with Crippen LogP contribution in [-0.4, -0.2) is 11.8 Å². The van der Waals surface area contributed by atoms with Crippen LogP contribution in [-0.2, 0) is 11.2 Å². The van der Waals surface area contributed by atoms with E-state index in [0.717, 1.165) is 16.7 Å². The molecule has 0 spiro atoms. The maximum Gasteiger partial charge on any atom is 0.269 e. The minimum atomic E-state index is -0.346. The summed E-state index contributed by atoms with van der Waals surface area (Å²) in [4.78, 5) is 24.0. The van der Waals surface area contributed by atoms with Gasteiger partial charge in [0, 0.05) is 5.56 Å². The number of carbonyl (C=O) groups is 2. The number of nitrogens with one attached hydrogen (secondary N) is 2. The van der Waals surface area contributed by atoms with E-state index in [1.807, 2.05) is 72.8 Å². The van der Waals surface area contributed by atoms with Crippen LogP contribution >= 0.6 is 0 Å². The van der Waals surface area contributed by atoms with E-state index in [9.17, 15) is 9.59 Å². The molecule has 0 unspecified atom stereocenters. The van der Waals surface area contributed by atoms with Crippen molar-refractivity contribution in [2.45, 2.75) is 6.42 Å². The molecule has 0 aliphatic carbocycles. The Morgan fingerprint density at radius 3 is 1.84 bits per heavy atom. The minimum Gasteiger partial charge on any atom is -0.273 e. The predicted octanol–water partition coefficient (Wildman–Crippen LogP) is 3.36. The second kappa shape index (κ2) is 7.93. The van der Waals surface area contributed by atoms with Crippen LogP contribution in [0.4, 0.5) is 0 Å². The quantitative estimate of drug-likeness (QED) is 0.721. The smallest absolute Gasteiger partial charge is 0.269 e. The average Bonchev–Trinajstić information content (AvgIpc) is 2.68. The van der Waals surface area contributed by atoms with Gasteiger partial charge in [0.2, 0.25) is 5.91 Å². The molecule has 0 heterocycles. The molecule has 0 atom stereocenters. The molecule has 0 aliphatic heterocycles. The third-order valence-corrected chi connectivity index (χ3v) is 3.78. The SMILES string of the molecule is O=C(Cc1ccccc1)NNC(=O)c1ccc(-c2ccccc2)cc1. The van der Waals surface area contributed by atoms with Crippen LogP contribution in [0.25, 0.3) is 11.1 Å². The van der Waals surface area contributed by atoms with Crippen LogP contribution in [0.5, 0.6) is 0 Å². The molecular weight excluding hydrogens is 312 g/mol. The summed E-state index contributed by atoms with van der Waals surface area (Å²) in [6.07, 6.45) is 0.216. The molecular formula is C21H18N2O2. The first kappa shape index (κ1) is 16.5. The number of hydrogen-bond donors (Lipinski definition) is 2. The van der Waals surface area contributed by atoms with Crippen molar-refractivity contribution in [3.8, 4) is 11.1 Å². The van der Waals surface area contributed by atoms with Gasteiger partial charge < -0.3 is 0 Å². The topological polar surface area (TPSA) is 58.2 Å². The lowest BCUT2D eigenvalue weighted by molar-refractivity contribution is -0.121. The first-order chi connectivity index (χ1) is 12.2. The van der Waals surface area contributed by atoms with E-state index in [4.69, 9.17) is 0 Å². The number of amides is 2. The van der Waals surface area contributed by atoms with Crippen LogP contribution in [0.15, 0.2) is 84.9 Å². The van der Waals surface area contributed by atoms with Crippen molar-refractivity contribution < 1.29 is 9.59 Å². The summed E-state index contributed by atoms with van der Waals surface area (Å²) in [6.45, 7) is 0. The van der Waals surface area contributed by atoms with E-state index in [1.165, 1.54) is 0 Å². The van der Waals surface area contributed by atoms with Gasteiger partial charge in [-0.05, 0) is 28.8 Å². The minimum absolute atomic E-state index is 0.216. The van der Waals surface area contributed by atoms with E-state index >= 15 is 0 Å². The normalized spacial score (nSPS) is 10.1. The van der Waals surface area contributed by atoms with Gasteiger partial charge in [0.25, 0.3) is 5.91 Å². The molecule has 4 nitrogen and oxygen atoms in total. The van der Waals surface area contributed by atoms with Crippen LogP contribution in [0.2, 0.25) is 0 Å². The Kier molecular flexibility index (Phi) is 5.22. The predicted molar refractivity (Wildman–Crippen MR) is 97.6 cm³/mol. The maximum atomic E-state index is 12.1. The summed E-state index contributed by atoms with van der Waals surface area (Å²) in [7, 11) is 0. The van der Waals surface area contributed by atoms with E-state index in [-0.39, 0.29) is 18.2 Å². The fourth-order valence-corrected chi connectivity index (χ4v) is 2.47. The van der Waals surface area contributed by atoms with Gasteiger partial charge in [-0.15, -0.1) is 0 Å². The highest BCUT2D eigenvalue weighted by atomic mass is 16.2. The monoisotopic (exact) mass is 330 g/mol. The summed E-state index contributed by atoms with van der Waals surface area (Å²) in [5.41, 5.74) is 8.37. The second-order valence-electron chi connectivity index (χ2n) is 5.61. The lowest BCUT2D eigenvalue weighted by Crippen LogP contribution is -2.42. The molecule has 4 heteroatoms. The molecule has 124 valence electrons. The number of rotatable bonds is 4. The average molecular weight is 330 g/mol. The van der Waals surface area contributed by atoms with E-state index in [1.54, 1.807) is 12.1 Å². The van der Waals surface area contributed by atoms with Crippen molar-refractivity contribution in [3.05, 3.63) is 96.1 Å². The highest BCUT2D eigenvalue weighted by Crippen LogP contribution is 2.19. The van der Waals surface area contributed by atoms with E-state index in [0.29, 0.717) is 5.56 Å². The first-order valence-corrected chi connectivity index (χ1v) is 8.01. The molecule has 0 aliphatic rings. The Morgan fingerprint density at radius 2 is 1.20 bits per heavy atom.